The summed E-state index contributed by atoms with van der Waals surface area (Å²) in [6, 6.07) is 14.6. The first-order valence-corrected chi connectivity index (χ1v) is 5.25. The van der Waals surface area contributed by atoms with E-state index in [1.165, 1.54) is 24.3 Å². The van der Waals surface area contributed by atoms with Gasteiger partial charge in [-0.2, -0.15) is 0 Å². The number of hydrogen-bond acceptors (Lipinski definition) is 4. The summed E-state index contributed by atoms with van der Waals surface area (Å²) in [6.07, 6.45) is -1.63. The first-order chi connectivity index (χ1) is 8.66. The maximum atomic E-state index is 12.0. The minimum atomic E-state index is -1.63. The molecule has 4 nitrogen and oxygen atoms in total. The summed E-state index contributed by atoms with van der Waals surface area (Å²) in [4.78, 5) is 22.2. The van der Waals surface area contributed by atoms with Crippen LogP contribution >= 0.6 is 0 Å². The highest BCUT2D eigenvalue weighted by molar-refractivity contribution is 6.08. The SMILES string of the molecule is O=C([O-])Oc1ccc(C(=O)c2ccccc2)cc1. The Kier molecular flexibility index (Phi) is 3.38. The maximum Gasteiger partial charge on any atom is 0.257 e. The maximum absolute atomic E-state index is 12.0. The zero-order chi connectivity index (χ0) is 13.0. The van der Waals surface area contributed by atoms with Gasteiger partial charge in [0.2, 0.25) is 0 Å². The quantitative estimate of drug-likeness (QED) is 0.465. The number of ketones is 1. The molecule has 2 rings (SSSR count). The minimum Gasteiger partial charge on any atom is -0.514 e. The Labute approximate surface area is 103 Å². The molecule has 4 heteroatoms. The lowest BCUT2D eigenvalue weighted by Gasteiger charge is -2.08. The smallest absolute Gasteiger partial charge is 0.257 e. The second kappa shape index (κ2) is 5.14. The highest BCUT2D eigenvalue weighted by atomic mass is 16.7. The van der Waals surface area contributed by atoms with Gasteiger partial charge in [-0.05, 0) is 24.3 Å². The number of carbonyl (C=O) groups is 2. The molecule has 0 unspecified atom stereocenters. The number of carbonyl (C=O) groups excluding carboxylic acids is 2. The molecule has 2 aromatic rings. The number of ether oxygens (including phenoxy) is 1. The van der Waals surface area contributed by atoms with E-state index in [-0.39, 0.29) is 11.5 Å². The summed E-state index contributed by atoms with van der Waals surface area (Å²) < 4.78 is 4.35. The minimum absolute atomic E-state index is 0.125. The third kappa shape index (κ3) is 2.74. The van der Waals surface area contributed by atoms with Crippen LogP contribution in [-0.2, 0) is 0 Å². The molecule has 2 aromatic carbocycles. The predicted molar refractivity (Wildman–Crippen MR) is 62.3 cm³/mol. The fourth-order valence-electron chi connectivity index (χ4n) is 1.53. The Morgan fingerprint density at radius 1 is 0.833 bits per heavy atom. The van der Waals surface area contributed by atoms with Gasteiger partial charge in [-0.3, -0.25) is 4.79 Å². The average molecular weight is 241 g/mol. The van der Waals surface area contributed by atoms with Crippen LogP contribution in [0.2, 0.25) is 0 Å². The summed E-state index contributed by atoms with van der Waals surface area (Å²) in [5.74, 6) is -0.00443. The molecule has 0 N–H and O–H groups in total. The zero-order valence-corrected chi connectivity index (χ0v) is 9.33. The lowest BCUT2D eigenvalue weighted by molar-refractivity contribution is -0.271. The van der Waals surface area contributed by atoms with Crippen molar-refractivity contribution in [3.05, 3.63) is 65.7 Å². The molecule has 0 heterocycles. The molecule has 0 aromatic heterocycles. The summed E-state index contributed by atoms with van der Waals surface area (Å²) >= 11 is 0. The van der Waals surface area contributed by atoms with Crippen LogP contribution in [0.1, 0.15) is 15.9 Å². The van der Waals surface area contributed by atoms with E-state index in [0.29, 0.717) is 11.1 Å². The molecule has 0 saturated carbocycles. The van der Waals surface area contributed by atoms with Crippen molar-refractivity contribution in [2.75, 3.05) is 0 Å². The third-order valence-electron chi connectivity index (χ3n) is 2.35. The van der Waals surface area contributed by atoms with Crippen molar-refractivity contribution in [3.63, 3.8) is 0 Å². The Hall–Kier alpha value is -2.62. The molecule has 18 heavy (non-hydrogen) atoms. The van der Waals surface area contributed by atoms with Crippen molar-refractivity contribution < 1.29 is 19.4 Å². The summed E-state index contributed by atoms with van der Waals surface area (Å²) in [5, 5.41) is 10.2. The van der Waals surface area contributed by atoms with Crippen LogP contribution in [0.4, 0.5) is 4.79 Å². The van der Waals surface area contributed by atoms with Gasteiger partial charge in [-0.1, -0.05) is 30.3 Å². The van der Waals surface area contributed by atoms with Gasteiger partial charge >= 0.3 is 0 Å². The van der Waals surface area contributed by atoms with E-state index < -0.39 is 6.16 Å². The lowest BCUT2D eigenvalue weighted by atomic mass is 10.0. The van der Waals surface area contributed by atoms with E-state index in [2.05, 4.69) is 4.74 Å². The number of benzene rings is 2. The van der Waals surface area contributed by atoms with Crippen LogP contribution < -0.4 is 9.84 Å². The topological polar surface area (TPSA) is 66.4 Å². The van der Waals surface area contributed by atoms with Gasteiger partial charge in [0.05, 0.1) is 5.75 Å². The number of carboxylic acid groups (broad SMARTS) is 1. The van der Waals surface area contributed by atoms with Gasteiger partial charge in [-0.15, -0.1) is 0 Å². The molecule has 0 aliphatic heterocycles. The molecule has 0 saturated heterocycles. The van der Waals surface area contributed by atoms with Gasteiger partial charge in [0, 0.05) is 11.1 Å². The van der Waals surface area contributed by atoms with Crippen molar-refractivity contribution in [2.45, 2.75) is 0 Å². The predicted octanol–water partition coefficient (Wildman–Crippen LogP) is 1.64. The van der Waals surface area contributed by atoms with Crippen LogP contribution in [0.5, 0.6) is 5.75 Å². The third-order valence-corrected chi connectivity index (χ3v) is 2.35. The largest absolute Gasteiger partial charge is 0.514 e. The molecule has 0 spiro atoms. The normalized spacial score (nSPS) is 9.78. The van der Waals surface area contributed by atoms with Gasteiger partial charge in [0.25, 0.3) is 6.16 Å². The Balaban J connectivity index is 2.20. The molecule has 0 fully saturated rings. The molecule has 90 valence electrons. The van der Waals surface area contributed by atoms with Crippen LogP contribution in [-0.4, -0.2) is 11.9 Å². The average Bonchev–Trinajstić information content (AvgIpc) is 2.39. The molecule has 0 aliphatic carbocycles. The number of rotatable bonds is 3. The summed E-state index contributed by atoms with van der Waals surface area (Å²) in [5.41, 5.74) is 1.04. The zero-order valence-electron chi connectivity index (χ0n) is 9.33. The molecule has 0 amide bonds. The first kappa shape index (κ1) is 11.9. The van der Waals surface area contributed by atoms with E-state index in [0.717, 1.165) is 0 Å². The Morgan fingerprint density at radius 2 is 1.39 bits per heavy atom. The van der Waals surface area contributed by atoms with Crippen LogP contribution in [0, 0.1) is 0 Å². The first-order valence-electron chi connectivity index (χ1n) is 5.25. The summed E-state index contributed by atoms with van der Waals surface area (Å²) in [7, 11) is 0. The van der Waals surface area contributed by atoms with E-state index >= 15 is 0 Å². The van der Waals surface area contributed by atoms with Crippen LogP contribution in [0.3, 0.4) is 0 Å². The van der Waals surface area contributed by atoms with Crippen molar-refractivity contribution in [2.24, 2.45) is 0 Å². The molecule has 0 aliphatic rings. The summed E-state index contributed by atoms with van der Waals surface area (Å²) in [6.45, 7) is 0. The van der Waals surface area contributed by atoms with Gasteiger partial charge < -0.3 is 14.6 Å². The van der Waals surface area contributed by atoms with E-state index in [1.807, 2.05) is 6.07 Å². The van der Waals surface area contributed by atoms with Crippen molar-refractivity contribution in [1.29, 1.82) is 0 Å². The standard InChI is InChI=1S/C14H10O4/c15-13(10-4-2-1-3-5-10)11-6-8-12(9-7-11)18-14(16)17/h1-9H,(H,16,17)/p-1. The second-order valence-corrected chi connectivity index (χ2v) is 3.57. The van der Waals surface area contributed by atoms with E-state index in [9.17, 15) is 14.7 Å². The van der Waals surface area contributed by atoms with Crippen molar-refractivity contribution in [1.82, 2.24) is 0 Å². The highest BCUT2D eigenvalue weighted by Gasteiger charge is 2.07. The lowest BCUT2D eigenvalue weighted by Crippen LogP contribution is -2.26. The van der Waals surface area contributed by atoms with Crippen LogP contribution in [0.15, 0.2) is 54.6 Å². The molecular weight excluding hydrogens is 232 g/mol. The van der Waals surface area contributed by atoms with Crippen molar-refractivity contribution in [3.8, 4) is 5.75 Å². The molecule has 0 radical (unpaired) electrons. The molecule has 0 atom stereocenters. The second-order valence-electron chi connectivity index (χ2n) is 3.57. The fourth-order valence-corrected chi connectivity index (χ4v) is 1.53. The van der Waals surface area contributed by atoms with Crippen LogP contribution in [0.25, 0.3) is 0 Å². The van der Waals surface area contributed by atoms with Gasteiger partial charge in [-0.25, -0.2) is 0 Å². The molecule has 0 bridgehead atoms. The van der Waals surface area contributed by atoms with E-state index in [1.54, 1.807) is 24.3 Å². The Morgan fingerprint density at radius 3 is 1.94 bits per heavy atom. The fraction of sp³-hybridized carbons (Fsp3) is 0. The monoisotopic (exact) mass is 241 g/mol. The van der Waals surface area contributed by atoms with Gasteiger partial charge in [0.15, 0.2) is 5.78 Å². The van der Waals surface area contributed by atoms with E-state index in [4.69, 9.17) is 0 Å². The van der Waals surface area contributed by atoms with Gasteiger partial charge in [0.1, 0.15) is 0 Å². The number of hydrogen-bond donors (Lipinski definition) is 0. The highest BCUT2D eigenvalue weighted by Crippen LogP contribution is 2.15. The van der Waals surface area contributed by atoms with Crippen molar-refractivity contribution >= 4 is 11.9 Å². The Bertz CT molecular complexity index is 558. The molecular formula is C14H9O4-.